The normalized spacial score (nSPS) is 18.6. The van der Waals surface area contributed by atoms with Crippen LogP contribution in [0.2, 0.25) is 0 Å². The molecule has 9 heteroatoms. The molecule has 1 atom stereocenters. The first kappa shape index (κ1) is 23.8. The molecule has 4 rings (SSSR count). The fourth-order valence-electron chi connectivity index (χ4n) is 4.24. The predicted molar refractivity (Wildman–Crippen MR) is 134 cm³/mol. The summed E-state index contributed by atoms with van der Waals surface area (Å²) in [5.41, 5.74) is 0.166. The molecular formula is C25H33N5O4. The van der Waals surface area contributed by atoms with Crippen molar-refractivity contribution in [2.75, 3.05) is 54.5 Å². The summed E-state index contributed by atoms with van der Waals surface area (Å²) in [5.74, 6) is 1.49. The molecule has 9 nitrogen and oxygen atoms in total. The van der Waals surface area contributed by atoms with Gasteiger partial charge in [0.15, 0.2) is 0 Å². The molecule has 182 valence electrons. The fourth-order valence-corrected chi connectivity index (χ4v) is 4.24. The Morgan fingerprint density at radius 1 is 1.18 bits per heavy atom. The summed E-state index contributed by atoms with van der Waals surface area (Å²) in [6.45, 7) is 13.4. The molecule has 34 heavy (non-hydrogen) atoms. The highest BCUT2D eigenvalue weighted by atomic mass is 16.6. The number of amides is 2. The van der Waals surface area contributed by atoms with Gasteiger partial charge in [0.2, 0.25) is 5.91 Å². The zero-order valence-electron chi connectivity index (χ0n) is 20.1. The van der Waals surface area contributed by atoms with Gasteiger partial charge in [-0.1, -0.05) is 6.58 Å². The third-order valence-corrected chi connectivity index (χ3v) is 5.79. The minimum atomic E-state index is -0.536. The van der Waals surface area contributed by atoms with E-state index in [4.69, 9.17) is 14.5 Å². The number of hydrogen-bond donors (Lipinski definition) is 2. The zero-order chi connectivity index (χ0) is 24.3. The minimum Gasteiger partial charge on any atom is -0.444 e. The Hall–Kier alpha value is -3.33. The Labute approximate surface area is 200 Å². The topological polar surface area (TPSA) is 96.0 Å². The molecule has 2 aromatic rings. The molecule has 0 spiro atoms. The number of alkyl carbamates (subject to hydrolysis) is 1. The van der Waals surface area contributed by atoms with Crippen molar-refractivity contribution in [2.24, 2.45) is 0 Å². The van der Waals surface area contributed by atoms with Crippen LogP contribution in [0.25, 0.3) is 10.8 Å². The number of aromatic nitrogens is 1. The first-order chi connectivity index (χ1) is 16.2. The Balaban J connectivity index is 1.61. The average molecular weight is 468 g/mol. The van der Waals surface area contributed by atoms with Crippen molar-refractivity contribution in [3.8, 4) is 0 Å². The van der Waals surface area contributed by atoms with Crippen molar-refractivity contribution in [3.63, 3.8) is 0 Å². The molecule has 2 saturated heterocycles. The molecular weight excluding hydrogens is 434 g/mol. The smallest absolute Gasteiger partial charge is 0.407 e. The van der Waals surface area contributed by atoms with Crippen LogP contribution in [0.15, 0.2) is 36.9 Å². The average Bonchev–Trinajstić information content (AvgIpc) is 3.25. The van der Waals surface area contributed by atoms with Crippen LogP contribution >= 0.6 is 0 Å². The monoisotopic (exact) mass is 467 g/mol. The highest BCUT2D eigenvalue weighted by molar-refractivity contribution is 6.02. The molecule has 0 radical (unpaired) electrons. The van der Waals surface area contributed by atoms with E-state index in [0.29, 0.717) is 25.4 Å². The van der Waals surface area contributed by atoms with E-state index in [2.05, 4.69) is 33.1 Å². The number of nitrogens with one attached hydrogen (secondary N) is 2. The lowest BCUT2D eigenvalue weighted by atomic mass is 10.1. The Kier molecular flexibility index (Phi) is 6.92. The van der Waals surface area contributed by atoms with Gasteiger partial charge < -0.3 is 29.9 Å². The van der Waals surface area contributed by atoms with Crippen LogP contribution in [0.1, 0.15) is 27.2 Å². The molecule has 0 aliphatic carbocycles. The molecule has 2 N–H and O–H groups in total. The predicted octanol–water partition coefficient (Wildman–Crippen LogP) is 3.30. The number of anilines is 3. The van der Waals surface area contributed by atoms with Gasteiger partial charge in [0.05, 0.1) is 19.3 Å². The van der Waals surface area contributed by atoms with E-state index in [0.717, 1.165) is 48.5 Å². The van der Waals surface area contributed by atoms with Crippen LogP contribution in [-0.2, 0) is 14.3 Å². The van der Waals surface area contributed by atoms with Gasteiger partial charge in [0.1, 0.15) is 17.2 Å². The van der Waals surface area contributed by atoms with Gasteiger partial charge in [-0.3, -0.25) is 4.79 Å². The maximum absolute atomic E-state index is 12.3. The van der Waals surface area contributed by atoms with Crippen molar-refractivity contribution in [1.29, 1.82) is 0 Å². The van der Waals surface area contributed by atoms with Crippen molar-refractivity contribution >= 4 is 40.1 Å². The van der Waals surface area contributed by atoms with E-state index >= 15 is 0 Å². The number of fused-ring (bicyclic) bond motifs is 1. The molecule has 0 unspecified atom stereocenters. The maximum Gasteiger partial charge on any atom is 0.407 e. The van der Waals surface area contributed by atoms with E-state index < -0.39 is 11.7 Å². The van der Waals surface area contributed by atoms with Gasteiger partial charge in [-0.15, -0.1) is 0 Å². The number of benzene rings is 1. The van der Waals surface area contributed by atoms with Gasteiger partial charge in [-0.25, -0.2) is 9.78 Å². The van der Waals surface area contributed by atoms with Gasteiger partial charge >= 0.3 is 6.09 Å². The lowest BCUT2D eigenvalue weighted by molar-refractivity contribution is -0.111. The van der Waals surface area contributed by atoms with Crippen LogP contribution in [0.3, 0.4) is 0 Å². The van der Waals surface area contributed by atoms with Crippen LogP contribution < -0.4 is 20.4 Å². The van der Waals surface area contributed by atoms with E-state index in [1.807, 2.05) is 39.0 Å². The third kappa shape index (κ3) is 5.77. The van der Waals surface area contributed by atoms with E-state index in [9.17, 15) is 9.59 Å². The molecule has 0 bridgehead atoms. The molecule has 3 heterocycles. The number of ether oxygens (including phenoxy) is 2. The van der Waals surface area contributed by atoms with E-state index in [1.54, 1.807) is 0 Å². The highest BCUT2D eigenvalue weighted by Crippen LogP contribution is 2.33. The summed E-state index contributed by atoms with van der Waals surface area (Å²) in [6.07, 6.45) is 1.66. The molecule has 2 aliphatic rings. The summed E-state index contributed by atoms with van der Waals surface area (Å²) in [6, 6.07) is 7.84. The first-order valence-electron chi connectivity index (χ1n) is 11.7. The Morgan fingerprint density at radius 2 is 1.94 bits per heavy atom. The second-order valence-corrected chi connectivity index (χ2v) is 9.61. The molecule has 1 aromatic heterocycles. The second-order valence-electron chi connectivity index (χ2n) is 9.61. The molecule has 2 aliphatic heterocycles. The summed E-state index contributed by atoms with van der Waals surface area (Å²) in [4.78, 5) is 33.5. The van der Waals surface area contributed by atoms with Gasteiger partial charge in [-0.2, -0.15) is 0 Å². The Bertz CT molecular complexity index is 1070. The lowest BCUT2D eigenvalue weighted by Gasteiger charge is -2.30. The number of carbonyl (C=O) groups is 2. The van der Waals surface area contributed by atoms with Crippen molar-refractivity contribution < 1.29 is 19.1 Å². The summed E-state index contributed by atoms with van der Waals surface area (Å²) in [5, 5.41) is 7.79. The van der Waals surface area contributed by atoms with Crippen molar-refractivity contribution in [2.45, 2.75) is 38.8 Å². The standard InChI is InChI=1S/C25H33N5O4/c1-5-22(31)26-18-6-7-20-17(14-18)15-21(29-10-12-33-13-11-29)28-23(20)30-9-8-19(16-30)27-24(32)34-25(2,3)4/h5-7,14-15,19H,1,8-13,16H2,2-4H3,(H,26,31)(H,27,32)/t19-/m1/s1. The quantitative estimate of drug-likeness (QED) is 0.652. The highest BCUT2D eigenvalue weighted by Gasteiger charge is 2.28. The SMILES string of the molecule is C=CC(=O)Nc1ccc2c(N3CC[C@@H](NC(=O)OC(C)(C)C)C3)nc(N3CCOCC3)cc2c1. The van der Waals surface area contributed by atoms with Crippen LogP contribution in [0.5, 0.6) is 0 Å². The van der Waals surface area contributed by atoms with Crippen LogP contribution in [-0.4, -0.2) is 68.0 Å². The number of pyridine rings is 1. The lowest BCUT2D eigenvalue weighted by Crippen LogP contribution is -2.40. The summed E-state index contributed by atoms with van der Waals surface area (Å²) in [7, 11) is 0. The fraction of sp³-hybridized carbons (Fsp3) is 0.480. The maximum atomic E-state index is 12.3. The van der Waals surface area contributed by atoms with E-state index in [1.165, 1.54) is 6.08 Å². The number of morpholine rings is 1. The van der Waals surface area contributed by atoms with Gasteiger partial charge in [0.25, 0.3) is 0 Å². The van der Waals surface area contributed by atoms with Gasteiger partial charge in [-0.05, 0) is 62.9 Å². The summed E-state index contributed by atoms with van der Waals surface area (Å²) < 4.78 is 10.9. The van der Waals surface area contributed by atoms with Crippen LogP contribution in [0.4, 0.5) is 22.1 Å². The first-order valence-corrected chi connectivity index (χ1v) is 11.7. The van der Waals surface area contributed by atoms with Crippen molar-refractivity contribution in [1.82, 2.24) is 10.3 Å². The number of carbonyl (C=O) groups excluding carboxylic acids is 2. The molecule has 0 saturated carbocycles. The minimum absolute atomic E-state index is 0.0232. The second kappa shape index (κ2) is 9.89. The molecule has 2 amide bonds. The number of hydrogen-bond acceptors (Lipinski definition) is 7. The van der Waals surface area contributed by atoms with E-state index in [-0.39, 0.29) is 11.9 Å². The van der Waals surface area contributed by atoms with Gasteiger partial charge in [0, 0.05) is 37.3 Å². The summed E-state index contributed by atoms with van der Waals surface area (Å²) >= 11 is 0. The molecule has 2 fully saturated rings. The number of rotatable bonds is 5. The van der Waals surface area contributed by atoms with Crippen molar-refractivity contribution in [3.05, 3.63) is 36.9 Å². The number of nitrogens with zero attached hydrogens (tertiary/aromatic N) is 3. The third-order valence-electron chi connectivity index (χ3n) is 5.79. The van der Waals surface area contributed by atoms with Crippen LogP contribution in [0, 0.1) is 0 Å². The Morgan fingerprint density at radius 3 is 2.65 bits per heavy atom. The largest absolute Gasteiger partial charge is 0.444 e. The molecule has 1 aromatic carbocycles. The zero-order valence-corrected chi connectivity index (χ0v) is 20.1.